The number of aliphatic hydroxyl groups is 1. The minimum absolute atomic E-state index is 0.0198. The maximum absolute atomic E-state index is 13.6. The molecule has 0 saturated carbocycles. The number of rotatable bonds is 5. The van der Waals surface area contributed by atoms with Crippen molar-refractivity contribution in [2.24, 2.45) is 0 Å². The van der Waals surface area contributed by atoms with E-state index in [4.69, 9.17) is 0 Å². The van der Waals surface area contributed by atoms with E-state index in [1.54, 1.807) is 0 Å². The first-order valence-electron chi connectivity index (χ1n) is 6.61. The third kappa shape index (κ3) is 2.85. The molecule has 0 fully saturated rings. The average Bonchev–Trinajstić information content (AvgIpc) is 2.80. The summed E-state index contributed by atoms with van der Waals surface area (Å²) in [5.74, 6) is -0.168. The van der Waals surface area contributed by atoms with Gasteiger partial charge < -0.3 is 5.11 Å². The van der Waals surface area contributed by atoms with Gasteiger partial charge in [0, 0.05) is 12.8 Å². The molecule has 2 rings (SSSR count). The predicted octanol–water partition coefficient (Wildman–Crippen LogP) is 2.41. The molecule has 0 aliphatic heterocycles. The molecule has 6 heteroatoms. The summed E-state index contributed by atoms with van der Waals surface area (Å²) in [6.07, 6.45) is 0.0109. The molecule has 2 aromatic rings. The van der Waals surface area contributed by atoms with Crippen molar-refractivity contribution in [3.8, 4) is 0 Å². The van der Waals surface area contributed by atoms with E-state index < -0.39 is 17.7 Å². The molecule has 0 amide bonds. The van der Waals surface area contributed by atoms with Crippen LogP contribution in [0.25, 0.3) is 0 Å². The van der Waals surface area contributed by atoms with E-state index in [2.05, 4.69) is 10.1 Å². The molecule has 0 aliphatic carbocycles. The zero-order valence-electron chi connectivity index (χ0n) is 11.5. The van der Waals surface area contributed by atoms with Crippen LogP contribution >= 0.6 is 0 Å². The molecule has 1 N–H and O–H groups in total. The second-order valence-electron chi connectivity index (χ2n) is 4.48. The maximum atomic E-state index is 13.6. The van der Waals surface area contributed by atoms with E-state index in [9.17, 15) is 13.9 Å². The van der Waals surface area contributed by atoms with E-state index in [0.717, 1.165) is 12.1 Å². The van der Waals surface area contributed by atoms with Gasteiger partial charge in [-0.15, -0.1) is 0 Å². The molecule has 0 radical (unpaired) electrons. The van der Waals surface area contributed by atoms with Gasteiger partial charge >= 0.3 is 0 Å². The Morgan fingerprint density at radius 2 is 1.85 bits per heavy atom. The zero-order valence-corrected chi connectivity index (χ0v) is 11.5. The maximum Gasteiger partial charge on any atom is 0.150 e. The lowest BCUT2D eigenvalue weighted by Crippen LogP contribution is -2.15. The topological polar surface area (TPSA) is 50.9 Å². The van der Waals surface area contributed by atoms with Gasteiger partial charge in [-0.1, -0.05) is 19.9 Å². The molecule has 0 saturated heterocycles. The standard InChI is InChI=1S/C14H17F2N3O/c1-3-12-17-13(4-2)19(18-12)8-11(20)14-9(15)6-5-7-10(14)16/h5-7,11,20H,3-4,8H2,1-2H3. The van der Waals surface area contributed by atoms with Gasteiger partial charge in [-0.05, 0) is 12.1 Å². The van der Waals surface area contributed by atoms with Crippen molar-refractivity contribution in [3.05, 3.63) is 47.0 Å². The van der Waals surface area contributed by atoms with Gasteiger partial charge in [0.1, 0.15) is 23.6 Å². The van der Waals surface area contributed by atoms with Gasteiger partial charge in [-0.3, -0.25) is 0 Å². The lowest BCUT2D eigenvalue weighted by Gasteiger charge is -2.13. The Hall–Kier alpha value is -1.82. The second kappa shape index (κ2) is 6.09. The number of aliphatic hydroxyl groups excluding tert-OH is 1. The zero-order chi connectivity index (χ0) is 14.7. The van der Waals surface area contributed by atoms with E-state index in [1.165, 1.54) is 10.7 Å². The smallest absolute Gasteiger partial charge is 0.150 e. The highest BCUT2D eigenvalue weighted by atomic mass is 19.1. The van der Waals surface area contributed by atoms with Gasteiger partial charge in [0.05, 0.1) is 12.1 Å². The van der Waals surface area contributed by atoms with Crippen LogP contribution in [0.15, 0.2) is 18.2 Å². The van der Waals surface area contributed by atoms with E-state index in [0.29, 0.717) is 24.5 Å². The normalized spacial score (nSPS) is 12.7. The van der Waals surface area contributed by atoms with Crippen LogP contribution in [-0.2, 0) is 19.4 Å². The highest BCUT2D eigenvalue weighted by molar-refractivity contribution is 5.22. The Kier molecular flexibility index (Phi) is 4.44. The summed E-state index contributed by atoms with van der Waals surface area (Å²) in [6.45, 7) is 3.82. The summed E-state index contributed by atoms with van der Waals surface area (Å²) >= 11 is 0. The lowest BCUT2D eigenvalue weighted by atomic mass is 10.1. The summed E-state index contributed by atoms with van der Waals surface area (Å²) in [5, 5.41) is 14.3. The van der Waals surface area contributed by atoms with Gasteiger partial charge in [-0.25, -0.2) is 18.4 Å². The van der Waals surface area contributed by atoms with Crippen LogP contribution in [-0.4, -0.2) is 19.9 Å². The summed E-state index contributed by atoms with van der Waals surface area (Å²) in [4.78, 5) is 4.29. The number of aryl methyl sites for hydroxylation is 2. The molecule has 0 aliphatic rings. The van der Waals surface area contributed by atoms with Crippen LogP contribution in [0.5, 0.6) is 0 Å². The van der Waals surface area contributed by atoms with Gasteiger partial charge in [-0.2, -0.15) is 5.10 Å². The number of halogens is 2. The highest BCUT2D eigenvalue weighted by Crippen LogP contribution is 2.22. The molecule has 0 bridgehead atoms. The summed E-state index contributed by atoms with van der Waals surface area (Å²) in [5.41, 5.74) is -0.330. The Balaban J connectivity index is 2.27. The molecule has 1 aromatic carbocycles. The Bertz CT molecular complexity index is 578. The first-order valence-corrected chi connectivity index (χ1v) is 6.61. The highest BCUT2D eigenvalue weighted by Gasteiger charge is 2.20. The van der Waals surface area contributed by atoms with Crippen LogP contribution in [0.3, 0.4) is 0 Å². The monoisotopic (exact) mass is 281 g/mol. The summed E-state index contributed by atoms with van der Waals surface area (Å²) in [7, 11) is 0. The molecule has 1 unspecified atom stereocenters. The molecular formula is C14H17F2N3O. The van der Waals surface area contributed by atoms with Crippen LogP contribution in [0.1, 0.15) is 37.2 Å². The number of benzene rings is 1. The van der Waals surface area contributed by atoms with Crippen LogP contribution in [0, 0.1) is 11.6 Å². The van der Waals surface area contributed by atoms with Crippen molar-refractivity contribution < 1.29 is 13.9 Å². The fraction of sp³-hybridized carbons (Fsp3) is 0.429. The molecule has 20 heavy (non-hydrogen) atoms. The van der Waals surface area contributed by atoms with Crippen molar-refractivity contribution in [3.63, 3.8) is 0 Å². The van der Waals surface area contributed by atoms with Gasteiger partial charge in [0.15, 0.2) is 5.82 Å². The fourth-order valence-corrected chi connectivity index (χ4v) is 2.07. The minimum atomic E-state index is -1.30. The number of hydrogen-bond donors (Lipinski definition) is 1. The first kappa shape index (κ1) is 14.6. The number of hydrogen-bond acceptors (Lipinski definition) is 3. The molecule has 1 heterocycles. The van der Waals surface area contributed by atoms with E-state index in [-0.39, 0.29) is 12.1 Å². The van der Waals surface area contributed by atoms with Crippen molar-refractivity contribution in [2.45, 2.75) is 39.3 Å². The van der Waals surface area contributed by atoms with Gasteiger partial charge in [0.2, 0.25) is 0 Å². The average molecular weight is 281 g/mol. The first-order chi connectivity index (χ1) is 9.56. The van der Waals surface area contributed by atoms with Crippen LogP contribution in [0.4, 0.5) is 8.78 Å². The molecule has 108 valence electrons. The van der Waals surface area contributed by atoms with E-state index in [1.807, 2.05) is 13.8 Å². The largest absolute Gasteiger partial charge is 0.386 e. The lowest BCUT2D eigenvalue weighted by molar-refractivity contribution is 0.141. The Morgan fingerprint density at radius 3 is 2.40 bits per heavy atom. The Morgan fingerprint density at radius 1 is 1.20 bits per heavy atom. The molecule has 1 atom stereocenters. The molecular weight excluding hydrogens is 264 g/mol. The molecule has 0 spiro atoms. The van der Waals surface area contributed by atoms with Crippen molar-refractivity contribution in [1.82, 2.24) is 14.8 Å². The second-order valence-corrected chi connectivity index (χ2v) is 4.48. The van der Waals surface area contributed by atoms with Gasteiger partial charge in [0.25, 0.3) is 0 Å². The van der Waals surface area contributed by atoms with Crippen molar-refractivity contribution in [1.29, 1.82) is 0 Å². The van der Waals surface area contributed by atoms with Crippen LogP contribution in [0.2, 0.25) is 0 Å². The summed E-state index contributed by atoms with van der Waals surface area (Å²) in [6, 6.07) is 3.52. The van der Waals surface area contributed by atoms with E-state index >= 15 is 0 Å². The number of nitrogens with zero attached hydrogens (tertiary/aromatic N) is 3. The van der Waals surface area contributed by atoms with Crippen LogP contribution < -0.4 is 0 Å². The number of aromatic nitrogens is 3. The third-order valence-electron chi connectivity index (χ3n) is 3.10. The van der Waals surface area contributed by atoms with Crippen molar-refractivity contribution >= 4 is 0 Å². The summed E-state index contributed by atoms with van der Waals surface area (Å²) < 4.78 is 28.7. The predicted molar refractivity (Wildman–Crippen MR) is 70.1 cm³/mol. The van der Waals surface area contributed by atoms with Crippen molar-refractivity contribution in [2.75, 3.05) is 0 Å². The quantitative estimate of drug-likeness (QED) is 0.915. The molecule has 4 nitrogen and oxygen atoms in total. The third-order valence-corrected chi connectivity index (χ3v) is 3.10. The SMILES string of the molecule is CCc1nc(CC)n(CC(O)c2c(F)cccc2F)n1. The fourth-order valence-electron chi connectivity index (χ4n) is 2.07. The molecule has 1 aromatic heterocycles. The Labute approximate surface area is 116 Å². The minimum Gasteiger partial charge on any atom is -0.386 e.